The van der Waals surface area contributed by atoms with Gasteiger partial charge in [-0.3, -0.25) is 0 Å². The minimum absolute atomic E-state index is 0.156. The molecule has 5 nitrogen and oxygen atoms in total. The number of sulfonamides is 1. The van der Waals surface area contributed by atoms with Crippen LogP contribution in [0.4, 0.5) is 0 Å². The molecule has 0 saturated carbocycles. The number of rotatable bonds is 7. The summed E-state index contributed by atoms with van der Waals surface area (Å²) < 4.78 is 30.5. The summed E-state index contributed by atoms with van der Waals surface area (Å²) in [6.45, 7) is 6.09. The molecule has 6 heteroatoms. The van der Waals surface area contributed by atoms with Gasteiger partial charge in [0.15, 0.2) is 0 Å². The quantitative estimate of drug-likeness (QED) is 0.762. The first-order valence-corrected chi connectivity index (χ1v) is 8.97. The predicted molar refractivity (Wildman–Crippen MR) is 77.7 cm³/mol. The third kappa shape index (κ3) is 5.38. The lowest BCUT2D eigenvalue weighted by Gasteiger charge is -2.34. The number of nitrogens with zero attached hydrogens (tertiary/aromatic N) is 1. The topological polar surface area (TPSA) is 58.6 Å². The molecule has 1 aliphatic heterocycles. The fraction of sp³-hybridized carbons (Fsp3) is 1.00. The van der Waals surface area contributed by atoms with Crippen molar-refractivity contribution in [1.29, 1.82) is 0 Å². The molecule has 1 N–H and O–H groups in total. The van der Waals surface area contributed by atoms with Gasteiger partial charge in [-0.25, -0.2) is 12.7 Å². The third-order valence-corrected chi connectivity index (χ3v) is 5.17. The Labute approximate surface area is 117 Å². The largest absolute Gasteiger partial charge is 0.377 e. The Morgan fingerprint density at radius 1 is 1.47 bits per heavy atom. The molecule has 0 amide bonds. The van der Waals surface area contributed by atoms with Crippen LogP contribution in [0.15, 0.2) is 0 Å². The van der Waals surface area contributed by atoms with E-state index >= 15 is 0 Å². The lowest BCUT2D eigenvalue weighted by atomic mass is 9.90. The zero-order chi connectivity index (χ0) is 14.5. The van der Waals surface area contributed by atoms with E-state index in [0.29, 0.717) is 25.6 Å². The predicted octanol–water partition coefficient (Wildman–Crippen LogP) is 1.06. The van der Waals surface area contributed by atoms with Crippen LogP contribution in [0.5, 0.6) is 0 Å². The molecule has 1 rings (SSSR count). The number of nitrogens with one attached hydrogen (secondary N) is 1. The van der Waals surface area contributed by atoms with E-state index in [1.54, 1.807) is 4.31 Å². The van der Waals surface area contributed by atoms with Crippen molar-refractivity contribution in [2.45, 2.75) is 45.3 Å². The maximum absolute atomic E-state index is 11.6. The second-order valence-corrected chi connectivity index (χ2v) is 7.40. The molecule has 19 heavy (non-hydrogen) atoms. The SMILES string of the molecule is CCOC(C)C(CC1CCCN(S(C)(=O)=O)C1)NC. The number of piperidine rings is 1. The van der Waals surface area contributed by atoms with Gasteiger partial charge in [-0.15, -0.1) is 0 Å². The maximum atomic E-state index is 11.6. The van der Waals surface area contributed by atoms with Gasteiger partial charge in [0.05, 0.1) is 12.4 Å². The summed E-state index contributed by atoms with van der Waals surface area (Å²) in [4.78, 5) is 0. The molecule has 3 unspecified atom stereocenters. The Balaban J connectivity index is 2.55. The van der Waals surface area contributed by atoms with E-state index in [1.807, 2.05) is 14.0 Å². The zero-order valence-corrected chi connectivity index (χ0v) is 13.4. The molecule has 0 bridgehead atoms. The van der Waals surface area contributed by atoms with Gasteiger partial charge in [-0.1, -0.05) is 0 Å². The fourth-order valence-electron chi connectivity index (χ4n) is 2.80. The minimum Gasteiger partial charge on any atom is -0.377 e. The van der Waals surface area contributed by atoms with Crippen molar-refractivity contribution in [3.63, 3.8) is 0 Å². The molecule has 0 aliphatic carbocycles. The van der Waals surface area contributed by atoms with Crippen LogP contribution in [0, 0.1) is 5.92 Å². The minimum atomic E-state index is -3.05. The van der Waals surface area contributed by atoms with Gasteiger partial charge < -0.3 is 10.1 Å². The van der Waals surface area contributed by atoms with E-state index in [1.165, 1.54) is 6.26 Å². The van der Waals surface area contributed by atoms with Crippen LogP contribution < -0.4 is 5.32 Å². The van der Waals surface area contributed by atoms with Gasteiger partial charge in [-0.05, 0) is 46.1 Å². The molecular formula is C13H28N2O3S. The van der Waals surface area contributed by atoms with Crippen LogP contribution in [0.2, 0.25) is 0 Å². The van der Waals surface area contributed by atoms with Crippen molar-refractivity contribution in [1.82, 2.24) is 9.62 Å². The summed E-state index contributed by atoms with van der Waals surface area (Å²) in [6.07, 6.45) is 4.47. The molecule has 1 saturated heterocycles. The highest BCUT2D eigenvalue weighted by molar-refractivity contribution is 7.88. The van der Waals surface area contributed by atoms with Gasteiger partial charge >= 0.3 is 0 Å². The van der Waals surface area contributed by atoms with Crippen molar-refractivity contribution in [2.75, 3.05) is 33.0 Å². The molecule has 0 radical (unpaired) electrons. The van der Waals surface area contributed by atoms with Crippen molar-refractivity contribution in [2.24, 2.45) is 5.92 Å². The maximum Gasteiger partial charge on any atom is 0.211 e. The fourth-order valence-corrected chi connectivity index (χ4v) is 3.75. The van der Waals surface area contributed by atoms with Crippen LogP contribution in [0.3, 0.4) is 0 Å². The van der Waals surface area contributed by atoms with Gasteiger partial charge in [0.2, 0.25) is 10.0 Å². The first-order chi connectivity index (χ1) is 8.88. The zero-order valence-electron chi connectivity index (χ0n) is 12.6. The molecule has 0 aromatic heterocycles. The molecule has 1 heterocycles. The summed E-state index contributed by atoms with van der Waals surface area (Å²) in [7, 11) is -1.11. The molecule has 0 spiro atoms. The Morgan fingerprint density at radius 2 is 2.16 bits per heavy atom. The molecule has 114 valence electrons. The molecule has 3 atom stereocenters. The van der Waals surface area contributed by atoms with Crippen LogP contribution >= 0.6 is 0 Å². The van der Waals surface area contributed by atoms with E-state index in [9.17, 15) is 8.42 Å². The molecule has 0 aromatic rings. The van der Waals surface area contributed by atoms with Crippen LogP contribution in [0.25, 0.3) is 0 Å². The Hall–Kier alpha value is -0.170. The average molecular weight is 292 g/mol. The highest BCUT2D eigenvalue weighted by atomic mass is 32.2. The Kier molecular flexibility index (Phi) is 6.73. The van der Waals surface area contributed by atoms with Gasteiger partial charge in [0, 0.05) is 25.7 Å². The van der Waals surface area contributed by atoms with Gasteiger partial charge in [-0.2, -0.15) is 0 Å². The molecule has 0 aromatic carbocycles. The number of hydrogen-bond acceptors (Lipinski definition) is 4. The molecule has 1 aliphatic rings. The lowest BCUT2D eigenvalue weighted by Crippen LogP contribution is -2.44. The number of hydrogen-bond donors (Lipinski definition) is 1. The molecule has 1 fully saturated rings. The van der Waals surface area contributed by atoms with E-state index in [2.05, 4.69) is 12.2 Å². The standard InChI is InChI=1S/C13H28N2O3S/c1-5-18-11(2)13(14-3)9-12-7-6-8-15(10-12)19(4,16)17/h11-14H,5-10H2,1-4H3. The monoisotopic (exact) mass is 292 g/mol. The van der Waals surface area contributed by atoms with E-state index in [4.69, 9.17) is 4.74 Å². The van der Waals surface area contributed by atoms with Crippen LogP contribution in [-0.4, -0.2) is 57.9 Å². The summed E-state index contributed by atoms with van der Waals surface area (Å²) >= 11 is 0. The highest BCUT2D eigenvalue weighted by Gasteiger charge is 2.28. The smallest absolute Gasteiger partial charge is 0.211 e. The summed E-state index contributed by atoms with van der Waals surface area (Å²) in [5.74, 6) is 0.420. The van der Waals surface area contributed by atoms with Crippen molar-refractivity contribution < 1.29 is 13.2 Å². The van der Waals surface area contributed by atoms with Gasteiger partial charge in [0.25, 0.3) is 0 Å². The van der Waals surface area contributed by atoms with Crippen LogP contribution in [0.1, 0.15) is 33.1 Å². The van der Waals surface area contributed by atoms with E-state index in [0.717, 1.165) is 19.3 Å². The van der Waals surface area contributed by atoms with Crippen molar-refractivity contribution in [3.8, 4) is 0 Å². The van der Waals surface area contributed by atoms with Crippen molar-refractivity contribution >= 4 is 10.0 Å². The Bertz CT molecular complexity index is 359. The second kappa shape index (κ2) is 7.57. The summed E-state index contributed by atoms with van der Waals surface area (Å²) in [6, 6.07) is 0.282. The Morgan fingerprint density at radius 3 is 2.68 bits per heavy atom. The second-order valence-electron chi connectivity index (χ2n) is 5.42. The average Bonchev–Trinajstić information content (AvgIpc) is 2.35. The van der Waals surface area contributed by atoms with E-state index < -0.39 is 10.0 Å². The summed E-state index contributed by atoms with van der Waals surface area (Å²) in [5, 5.41) is 3.29. The van der Waals surface area contributed by atoms with E-state index in [-0.39, 0.29) is 12.1 Å². The van der Waals surface area contributed by atoms with Crippen LogP contribution in [-0.2, 0) is 14.8 Å². The van der Waals surface area contributed by atoms with Crippen molar-refractivity contribution in [3.05, 3.63) is 0 Å². The lowest BCUT2D eigenvalue weighted by molar-refractivity contribution is 0.0399. The number of likely N-dealkylation sites (N-methyl/N-ethyl adjacent to an activating group) is 1. The first kappa shape index (κ1) is 16.9. The first-order valence-electron chi connectivity index (χ1n) is 7.12. The normalized spacial score (nSPS) is 25.2. The van der Waals surface area contributed by atoms with Gasteiger partial charge in [0.1, 0.15) is 0 Å². The highest BCUT2D eigenvalue weighted by Crippen LogP contribution is 2.24. The molecular weight excluding hydrogens is 264 g/mol. The summed E-state index contributed by atoms with van der Waals surface area (Å²) in [5.41, 5.74) is 0. The third-order valence-electron chi connectivity index (χ3n) is 3.90. The number of ether oxygens (including phenoxy) is 1.